The maximum Gasteiger partial charge on any atom is 0.236 e. The lowest BCUT2D eigenvalue weighted by molar-refractivity contribution is -0.132. The van der Waals surface area contributed by atoms with Gasteiger partial charge in [-0.3, -0.25) is 9.69 Å². The van der Waals surface area contributed by atoms with Crippen LogP contribution in [0.15, 0.2) is 24.3 Å². The predicted octanol–water partition coefficient (Wildman–Crippen LogP) is 2.16. The van der Waals surface area contributed by atoms with E-state index in [-0.39, 0.29) is 5.91 Å². The van der Waals surface area contributed by atoms with Gasteiger partial charge in [-0.15, -0.1) is 0 Å². The molecule has 0 spiro atoms. The number of phenolic OH excluding ortho intramolecular Hbond substituents is 1. The fourth-order valence-corrected chi connectivity index (χ4v) is 3.07. The third kappa shape index (κ3) is 4.86. The average Bonchev–Trinajstić information content (AvgIpc) is 2.56. The van der Waals surface area contributed by atoms with Crippen LogP contribution in [0.3, 0.4) is 0 Å². The van der Waals surface area contributed by atoms with Gasteiger partial charge in [0.15, 0.2) is 0 Å². The van der Waals surface area contributed by atoms with Crippen LogP contribution < -0.4 is 4.90 Å². The van der Waals surface area contributed by atoms with Crippen molar-refractivity contribution in [3.63, 3.8) is 0 Å². The number of carbonyl (C=O) groups is 1. The van der Waals surface area contributed by atoms with Gasteiger partial charge in [-0.25, -0.2) is 0 Å². The zero-order valence-electron chi connectivity index (χ0n) is 14.4. The molecule has 5 heteroatoms. The maximum absolute atomic E-state index is 12.4. The van der Waals surface area contributed by atoms with Crippen molar-refractivity contribution < 1.29 is 9.90 Å². The molecule has 2 rings (SSSR count). The van der Waals surface area contributed by atoms with Gasteiger partial charge in [-0.05, 0) is 25.0 Å². The van der Waals surface area contributed by atoms with Crippen LogP contribution in [0.1, 0.15) is 26.7 Å². The van der Waals surface area contributed by atoms with E-state index in [0.29, 0.717) is 12.3 Å². The lowest BCUT2D eigenvalue weighted by atomic mass is 10.2. The molecule has 1 fully saturated rings. The number of piperazine rings is 1. The Morgan fingerprint density at radius 2 is 1.70 bits per heavy atom. The molecule has 1 aliphatic rings. The number of hydrogen-bond acceptors (Lipinski definition) is 4. The first-order valence-electron chi connectivity index (χ1n) is 8.68. The molecular weight excluding hydrogens is 290 g/mol. The minimum atomic E-state index is 0.240. The summed E-state index contributed by atoms with van der Waals surface area (Å²) in [5, 5.41) is 9.95. The molecular formula is C18H29N3O2. The van der Waals surface area contributed by atoms with Crippen molar-refractivity contribution in [1.82, 2.24) is 9.80 Å². The van der Waals surface area contributed by atoms with Crippen LogP contribution in [0, 0.1) is 0 Å². The third-order valence-corrected chi connectivity index (χ3v) is 4.29. The molecule has 0 atom stereocenters. The lowest BCUT2D eigenvalue weighted by Gasteiger charge is -2.36. The molecule has 1 aromatic rings. The second-order valence-electron chi connectivity index (χ2n) is 6.13. The van der Waals surface area contributed by atoms with Crippen molar-refractivity contribution in [2.45, 2.75) is 26.7 Å². The number of para-hydroxylation sites is 2. The Labute approximate surface area is 139 Å². The van der Waals surface area contributed by atoms with E-state index in [2.05, 4.69) is 23.6 Å². The predicted molar refractivity (Wildman–Crippen MR) is 93.9 cm³/mol. The van der Waals surface area contributed by atoms with E-state index in [1.54, 1.807) is 6.07 Å². The van der Waals surface area contributed by atoms with Crippen molar-refractivity contribution in [2.24, 2.45) is 0 Å². The highest BCUT2D eigenvalue weighted by atomic mass is 16.3. The quantitative estimate of drug-likeness (QED) is 0.837. The molecule has 0 bridgehead atoms. The van der Waals surface area contributed by atoms with Crippen LogP contribution >= 0.6 is 0 Å². The molecule has 5 nitrogen and oxygen atoms in total. The molecule has 0 aliphatic carbocycles. The smallest absolute Gasteiger partial charge is 0.236 e. The summed E-state index contributed by atoms with van der Waals surface area (Å²) >= 11 is 0. The molecule has 1 aromatic carbocycles. The summed E-state index contributed by atoms with van der Waals surface area (Å²) in [4.78, 5) is 18.8. The van der Waals surface area contributed by atoms with Crippen LogP contribution in [0.5, 0.6) is 5.75 Å². The summed E-state index contributed by atoms with van der Waals surface area (Å²) in [6.45, 7) is 9.82. The summed E-state index contributed by atoms with van der Waals surface area (Å²) in [6.07, 6.45) is 2.01. The standard InChI is InChI=1S/C18H29N3O2/c1-3-9-21(10-4-2)18(23)15-19-11-13-20(14-12-19)16-7-5-6-8-17(16)22/h5-8,22H,3-4,9-15H2,1-2H3. The average molecular weight is 319 g/mol. The summed E-state index contributed by atoms with van der Waals surface area (Å²) in [5.74, 6) is 0.568. The Kier molecular flexibility index (Phi) is 6.71. The number of carbonyl (C=O) groups excluding carboxylic acids is 1. The van der Waals surface area contributed by atoms with Crippen LogP contribution in [0.25, 0.3) is 0 Å². The van der Waals surface area contributed by atoms with Crippen molar-refractivity contribution in [2.75, 3.05) is 50.7 Å². The molecule has 0 aromatic heterocycles. The van der Waals surface area contributed by atoms with Gasteiger partial charge < -0.3 is 14.9 Å². The van der Waals surface area contributed by atoms with E-state index in [4.69, 9.17) is 0 Å². The molecule has 23 heavy (non-hydrogen) atoms. The number of hydrogen-bond donors (Lipinski definition) is 1. The Morgan fingerprint density at radius 1 is 1.09 bits per heavy atom. The fourth-order valence-electron chi connectivity index (χ4n) is 3.07. The largest absolute Gasteiger partial charge is 0.506 e. The fraction of sp³-hybridized carbons (Fsp3) is 0.611. The van der Waals surface area contributed by atoms with E-state index in [1.165, 1.54) is 0 Å². The summed E-state index contributed by atoms with van der Waals surface area (Å²) < 4.78 is 0. The number of rotatable bonds is 7. The number of amides is 1. The molecule has 0 saturated carbocycles. The maximum atomic E-state index is 12.4. The molecule has 1 saturated heterocycles. The molecule has 1 heterocycles. The monoisotopic (exact) mass is 319 g/mol. The van der Waals surface area contributed by atoms with Crippen molar-refractivity contribution in [3.8, 4) is 5.75 Å². The summed E-state index contributed by atoms with van der Waals surface area (Å²) in [6, 6.07) is 7.45. The van der Waals surface area contributed by atoms with Crippen LogP contribution in [-0.2, 0) is 4.79 Å². The summed E-state index contributed by atoms with van der Waals surface area (Å²) in [7, 11) is 0. The number of nitrogens with zero attached hydrogens (tertiary/aromatic N) is 3. The minimum Gasteiger partial charge on any atom is -0.506 e. The third-order valence-electron chi connectivity index (χ3n) is 4.29. The van der Waals surface area contributed by atoms with Gasteiger partial charge in [-0.1, -0.05) is 26.0 Å². The van der Waals surface area contributed by atoms with Crippen LogP contribution in [-0.4, -0.2) is 66.6 Å². The first-order chi connectivity index (χ1) is 11.2. The highest BCUT2D eigenvalue weighted by Crippen LogP contribution is 2.27. The summed E-state index contributed by atoms with van der Waals surface area (Å²) in [5.41, 5.74) is 0.886. The van der Waals surface area contributed by atoms with E-state index < -0.39 is 0 Å². The van der Waals surface area contributed by atoms with E-state index in [1.807, 2.05) is 23.1 Å². The van der Waals surface area contributed by atoms with Crippen molar-refractivity contribution >= 4 is 11.6 Å². The molecule has 1 amide bonds. The van der Waals surface area contributed by atoms with Crippen molar-refractivity contribution in [3.05, 3.63) is 24.3 Å². The van der Waals surface area contributed by atoms with Gasteiger partial charge in [0.2, 0.25) is 5.91 Å². The van der Waals surface area contributed by atoms with E-state index in [0.717, 1.165) is 57.8 Å². The molecule has 0 radical (unpaired) electrons. The lowest BCUT2D eigenvalue weighted by Crippen LogP contribution is -2.50. The Morgan fingerprint density at radius 3 is 2.26 bits per heavy atom. The van der Waals surface area contributed by atoms with Gasteiger partial charge >= 0.3 is 0 Å². The van der Waals surface area contributed by atoms with Crippen LogP contribution in [0.2, 0.25) is 0 Å². The van der Waals surface area contributed by atoms with E-state index in [9.17, 15) is 9.90 Å². The van der Waals surface area contributed by atoms with Crippen molar-refractivity contribution in [1.29, 1.82) is 0 Å². The van der Waals surface area contributed by atoms with Gasteiger partial charge in [0, 0.05) is 39.3 Å². The number of aromatic hydroxyl groups is 1. The van der Waals surface area contributed by atoms with Crippen LogP contribution in [0.4, 0.5) is 5.69 Å². The zero-order chi connectivity index (χ0) is 16.7. The first kappa shape index (κ1) is 17.6. The van der Waals surface area contributed by atoms with E-state index >= 15 is 0 Å². The molecule has 128 valence electrons. The second-order valence-corrected chi connectivity index (χ2v) is 6.13. The zero-order valence-corrected chi connectivity index (χ0v) is 14.4. The van der Waals surface area contributed by atoms with Gasteiger partial charge in [0.05, 0.1) is 12.2 Å². The van der Waals surface area contributed by atoms with Gasteiger partial charge in [0.25, 0.3) is 0 Å². The highest BCUT2D eigenvalue weighted by Gasteiger charge is 2.22. The van der Waals surface area contributed by atoms with Gasteiger partial charge in [-0.2, -0.15) is 0 Å². The Hall–Kier alpha value is -1.75. The Bertz CT molecular complexity index is 493. The first-order valence-corrected chi connectivity index (χ1v) is 8.68. The minimum absolute atomic E-state index is 0.240. The topological polar surface area (TPSA) is 47.0 Å². The number of anilines is 1. The molecule has 1 N–H and O–H groups in total. The highest BCUT2D eigenvalue weighted by molar-refractivity contribution is 5.78. The number of benzene rings is 1. The normalized spacial score (nSPS) is 15.7. The SMILES string of the molecule is CCCN(CCC)C(=O)CN1CCN(c2ccccc2O)CC1. The molecule has 1 aliphatic heterocycles. The molecule has 0 unspecified atom stereocenters. The van der Waals surface area contributed by atoms with Gasteiger partial charge in [0.1, 0.15) is 5.75 Å². The number of phenols is 1. The Balaban J connectivity index is 1.84. The second kappa shape index (κ2) is 8.77.